The van der Waals surface area contributed by atoms with E-state index in [1.165, 1.54) is 4.57 Å². The van der Waals surface area contributed by atoms with Crippen LogP contribution in [0.1, 0.15) is 5.56 Å². The molecule has 0 aromatic carbocycles. The lowest BCUT2D eigenvalue weighted by Crippen LogP contribution is -2.04. The highest BCUT2D eigenvalue weighted by Crippen LogP contribution is 2.03. The molecule has 1 rings (SSSR count). The minimum atomic E-state index is -2.30. The maximum Gasteiger partial charge on any atom is 0.256 e. The van der Waals surface area contributed by atoms with Gasteiger partial charge in [0, 0.05) is 18.9 Å². The first-order valence-electron chi connectivity index (χ1n) is 3.35. The van der Waals surface area contributed by atoms with Gasteiger partial charge < -0.3 is 10.3 Å². The van der Waals surface area contributed by atoms with Crippen molar-refractivity contribution >= 4 is 0 Å². The molecular weight excluding hydrogens is 150 g/mol. The second-order valence-corrected chi connectivity index (χ2v) is 2.31. The van der Waals surface area contributed by atoms with E-state index in [1.54, 1.807) is 18.5 Å². The topological polar surface area (TPSA) is 30.9 Å². The van der Waals surface area contributed by atoms with Gasteiger partial charge in [-0.25, -0.2) is 8.78 Å². The zero-order chi connectivity index (χ0) is 8.27. The van der Waals surface area contributed by atoms with Crippen molar-refractivity contribution in [3.05, 3.63) is 24.0 Å². The van der Waals surface area contributed by atoms with Gasteiger partial charge in [-0.1, -0.05) is 0 Å². The molecule has 1 aromatic rings. The quantitative estimate of drug-likeness (QED) is 0.708. The smallest absolute Gasteiger partial charge is 0.256 e. The Balaban J connectivity index is 2.58. The summed E-state index contributed by atoms with van der Waals surface area (Å²) in [6.07, 6.45) is 0.938. The normalized spacial score (nSPS) is 10.9. The van der Waals surface area contributed by atoms with E-state index < -0.39 is 6.43 Å². The molecule has 62 valence electrons. The molecular formula is C7H10F2N2. The van der Waals surface area contributed by atoms with Crippen molar-refractivity contribution in [2.45, 2.75) is 19.5 Å². The lowest BCUT2D eigenvalue weighted by atomic mass is 10.4. The Morgan fingerprint density at radius 2 is 2.27 bits per heavy atom. The van der Waals surface area contributed by atoms with Gasteiger partial charge >= 0.3 is 0 Å². The van der Waals surface area contributed by atoms with Crippen molar-refractivity contribution in [3.63, 3.8) is 0 Å². The van der Waals surface area contributed by atoms with Crippen LogP contribution in [0.15, 0.2) is 18.5 Å². The zero-order valence-electron chi connectivity index (χ0n) is 6.00. The summed E-state index contributed by atoms with van der Waals surface area (Å²) in [6.45, 7) is 0.149. The fraction of sp³-hybridized carbons (Fsp3) is 0.429. The molecule has 0 saturated carbocycles. The van der Waals surface area contributed by atoms with Crippen molar-refractivity contribution < 1.29 is 8.78 Å². The molecule has 0 amide bonds. The molecule has 2 nitrogen and oxygen atoms in total. The summed E-state index contributed by atoms with van der Waals surface area (Å²) in [5.74, 6) is 0. The molecule has 11 heavy (non-hydrogen) atoms. The zero-order valence-corrected chi connectivity index (χ0v) is 6.00. The largest absolute Gasteiger partial charge is 0.348 e. The number of rotatable bonds is 3. The van der Waals surface area contributed by atoms with E-state index in [4.69, 9.17) is 5.73 Å². The van der Waals surface area contributed by atoms with Gasteiger partial charge in [-0.3, -0.25) is 0 Å². The van der Waals surface area contributed by atoms with E-state index in [-0.39, 0.29) is 6.54 Å². The van der Waals surface area contributed by atoms with Crippen molar-refractivity contribution in [2.24, 2.45) is 5.73 Å². The van der Waals surface area contributed by atoms with Crippen molar-refractivity contribution in [1.82, 2.24) is 4.57 Å². The SMILES string of the molecule is NCc1ccn(CC(F)F)c1. The van der Waals surface area contributed by atoms with Crippen LogP contribution in [0.4, 0.5) is 8.78 Å². The Labute approximate surface area is 63.6 Å². The highest BCUT2D eigenvalue weighted by molar-refractivity contribution is 5.09. The molecule has 0 unspecified atom stereocenters. The van der Waals surface area contributed by atoms with Crippen LogP contribution in [0.2, 0.25) is 0 Å². The standard InChI is InChI=1S/C7H10F2N2/c8-7(9)5-11-2-1-6(3-10)4-11/h1-2,4,7H,3,5,10H2. The van der Waals surface area contributed by atoms with Crippen LogP contribution in [0.3, 0.4) is 0 Å². The van der Waals surface area contributed by atoms with Crippen molar-refractivity contribution in [3.8, 4) is 0 Å². The van der Waals surface area contributed by atoms with E-state index in [0.29, 0.717) is 6.54 Å². The molecule has 0 spiro atoms. The van der Waals surface area contributed by atoms with Crippen LogP contribution in [-0.2, 0) is 13.1 Å². The lowest BCUT2D eigenvalue weighted by Gasteiger charge is -1.99. The molecule has 0 fully saturated rings. The molecule has 0 aliphatic carbocycles. The minimum Gasteiger partial charge on any atom is -0.348 e. The lowest BCUT2D eigenvalue weighted by molar-refractivity contribution is 0.126. The number of hydrogen-bond donors (Lipinski definition) is 1. The fourth-order valence-electron chi connectivity index (χ4n) is 0.884. The summed E-state index contributed by atoms with van der Waals surface area (Å²) in [5, 5.41) is 0. The molecule has 0 atom stereocenters. The summed E-state index contributed by atoms with van der Waals surface area (Å²) in [7, 11) is 0. The minimum absolute atomic E-state index is 0.250. The first-order valence-corrected chi connectivity index (χ1v) is 3.35. The summed E-state index contributed by atoms with van der Waals surface area (Å²) in [6, 6.07) is 1.74. The highest BCUT2D eigenvalue weighted by atomic mass is 19.3. The predicted molar refractivity (Wildman–Crippen MR) is 38.3 cm³/mol. The molecule has 0 bridgehead atoms. The third-order valence-electron chi connectivity index (χ3n) is 1.40. The van der Waals surface area contributed by atoms with Crippen molar-refractivity contribution in [1.29, 1.82) is 0 Å². The van der Waals surface area contributed by atoms with Crippen molar-refractivity contribution in [2.75, 3.05) is 0 Å². The second-order valence-electron chi connectivity index (χ2n) is 2.31. The Morgan fingerprint density at radius 1 is 1.55 bits per heavy atom. The van der Waals surface area contributed by atoms with Gasteiger partial charge in [0.15, 0.2) is 0 Å². The van der Waals surface area contributed by atoms with Gasteiger partial charge in [-0.15, -0.1) is 0 Å². The summed E-state index contributed by atoms with van der Waals surface area (Å²) < 4.78 is 25.0. The van der Waals surface area contributed by atoms with Crippen LogP contribution in [-0.4, -0.2) is 11.0 Å². The van der Waals surface area contributed by atoms with E-state index in [0.717, 1.165) is 5.56 Å². The molecule has 0 aliphatic heterocycles. The number of hydrogen-bond acceptors (Lipinski definition) is 1. The summed E-state index contributed by atoms with van der Waals surface area (Å²) >= 11 is 0. The fourth-order valence-corrected chi connectivity index (χ4v) is 0.884. The molecule has 0 saturated heterocycles. The number of nitrogens with two attached hydrogens (primary N) is 1. The Morgan fingerprint density at radius 3 is 2.73 bits per heavy atom. The maximum atomic E-state index is 11.8. The number of halogens is 2. The third kappa shape index (κ3) is 2.31. The van der Waals surface area contributed by atoms with Crippen LogP contribution < -0.4 is 5.73 Å². The van der Waals surface area contributed by atoms with Gasteiger partial charge in [-0.2, -0.15) is 0 Å². The average Bonchev–Trinajstić information content (AvgIpc) is 2.34. The molecule has 0 aliphatic rings. The van der Waals surface area contributed by atoms with Crippen LogP contribution in [0, 0.1) is 0 Å². The average molecular weight is 160 g/mol. The number of alkyl halides is 2. The highest BCUT2D eigenvalue weighted by Gasteiger charge is 2.02. The van der Waals surface area contributed by atoms with Gasteiger partial charge in [0.05, 0.1) is 6.54 Å². The Kier molecular flexibility index (Phi) is 2.59. The van der Waals surface area contributed by atoms with Crippen LogP contribution >= 0.6 is 0 Å². The van der Waals surface area contributed by atoms with E-state index in [9.17, 15) is 8.78 Å². The first-order chi connectivity index (χ1) is 5.22. The van der Waals surface area contributed by atoms with Gasteiger partial charge in [0.25, 0.3) is 6.43 Å². The molecule has 0 radical (unpaired) electrons. The molecule has 1 heterocycles. The summed E-state index contributed by atoms with van der Waals surface area (Å²) in [4.78, 5) is 0. The van der Waals surface area contributed by atoms with E-state index in [2.05, 4.69) is 0 Å². The first kappa shape index (κ1) is 8.20. The van der Waals surface area contributed by atoms with Gasteiger partial charge in [0.2, 0.25) is 0 Å². The van der Waals surface area contributed by atoms with E-state index in [1.807, 2.05) is 0 Å². The van der Waals surface area contributed by atoms with Crippen LogP contribution in [0.25, 0.3) is 0 Å². The predicted octanol–water partition coefficient (Wildman–Crippen LogP) is 1.21. The number of nitrogens with zero attached hydrogens (tertiary/aromatic N) is 1. The van der Waals surface area contributed by atoms with E-state index >= 15 is 0 Å². The van der Waals surface area contributed by atoms with Gasteiger partial charge in [0.1, 0.15) is 0 Å². The number of aromatic nitrogens is 1. The molecule has 4 heteroatoms. The molecule has 2 N–H and O–H groups in total. The Bertz CT molecular complexity index is 220. The third-order valence-corrected chi connectivity index (χ3v) is 1.40. The summed E-state index contributed by atoms with van der Waals surface area (Å²) in [5.41, 5.74) is 6.17. The maximum absolute atomic E-state index is 11.8. The monoisotopic (exact) mass is 160 g/mol. The molecule has 1 aromatic heterocycles. The van der Waals surface area contributed by atoms with Gasteiger partial charge in [-0.05, 0) is 11.6 Å². The Hall–Kier alpha value is -0.900. The van der Waals surface area contributed by atoms with Crippen LogP contribution in [0.5, 0.6) is 0 Å². The second kappa shape index (κ2) is 3.48.